The molecular weight excluding hydrogens is 396 g/mol. The lowest BCUT2D eigenvalue weighted by Crippen LogP contribution is -2.66. The van der Waals surface area contributed by atoms with Gasteiger partial charge in [-0.2, -0.15) is 0 Å². The number of ether oxygens (including phenoxy) is 1. The first-order chi connectivity index (χ1) is 15.5. The zero-order valence-corrected chi connectivity index (χ0v) is 19.1. The lowest BCUT2D eigenvalue weighted by atomic mass is 9.56. The Balaban J connectivity index is 1.49. The molecule has 2 aromatic carbocycles. The van der Waals surface area contributed by atoms with Gasteiger partial charge in [-0.3, -0.25) is 4.98 Å². The van der Waals surface area contributed by atoms with Crippen LogP contribution < -0.4 is 4.74 Å². The van der Waals surface area contributed by atoms with Gasteiger partial charge in [0.25, 0.3) is 0 Å². The molecule has 0 amide bonds. The highest BCUT2D eigenvalue weighted by atomic mass is 16.5. The fourth-order valence-corrected chi connectivity index (χ4v) is 6.25. The van der Waals surface area contributed by atoms with Gasteiger partial charge in [-0.05, 0) is 79.6 Å². The SMILES string of the molecule is COc1cccc([C@@]23CCN(CC4CC4)C[C@@]2(O)Cc2cc4c(C)cccc4nc2C3)c1. The number of piperidine rings is 1. The van der Waals surface area contributed by atoms with Crippen molar-refractivity contribution in [3.63, 3.8) is 0 Å². The van der Waals surface area contributed by atoms with Crippen molar-refractivity contribution in [2.24, 2.45) is 5.92 Å². The first kappa shape index (κ1) is 20.2. The van der Waals surface area contributed by atoms with Gasteiger partial charge in [0.15, 0.2) is 0 Å². The van der Waals surface area contributed by atoms with Gasteiger partial charge in [0.1, 0.15) is 5.75 Å². The van der Waals surface area contributed by atoms with Crippen LogP contribution in [0, 0.1) is 12.8 Å². The molecule has 2 atom stereocenters. The molecule has 1 N–H and O–H groups in total. The highest BCUT2D eigenvalue weighted by molar-refractivity contribution is 5.83. The fourth-order valence-electron chi connectivity index (χ4n) is 6.25. The average molecular weight is 429 g/mol. The lowest BCUT2D eigenvalue weighted by Gasteiger charge is -2.56. The van der Waals surface area contributed by atoms with Gasteiger partial charge in [-0.15, -0.1) is 0 Å². The summed E-state index contributed by atoms with van der Waals surface area (Å²) in [6.07, 6.45) is 5.05. The quantitative estimate of drug-likeness (QED) is 0.668. The summed E-state index contributed by atoms with van der Waals surface area (Å²) in [4.78, 5) is 7.65. The second-order valence-electron chi connectivity index (χ2n) is 10.4. The van der Waals surface area contributed by atoms with E-state index in [0.29, 0.717) is 6.42 Å². The van der Waals surface area contributed by atoms with Gasteiger partial charge < -0.3 is 14.7 Å². The number of aryl methyl sites for hydroxylation is 1. The first-order valence-corrected chi connectivity index (χ1v) is 12.0. The maximum absolute atomic E-state index is 12.4. The molecule has 1 saturated heterocycles. The predicted molar refractivity (Wildman–Crippen MR) is 127 cm³/mol. The monoisotopic (exact) mass is 428 g/mol. The van der Waals surface area contributed by atoms with Crippen molar-refractivity contribution in [1.29, 1.82) is 0 Å². The third-order valence-corrected chi connectivity index (χ3v) is 8.26. The van der Waals surface area contributed by atoms with Crippen LogP contribution in [0.3, 0.4) is 0 Å². The molecule has 1 aliphatic heterocycles. The average Bonchev–Trinajstić information content (AvgIpc) is 3.60. The van der Waals surface area contributed by atoms with E-state index in [1.165, 1.54) is 34.9 Å². The van der Waals surface area contributed by atoms with Crippen LogP contribution in [0.4, 0.5) is 0 Å². The van der Waals surface area contributed by atoms with Gasteiger partial charge in [-0.1, -0.05) is 24.3 Å². The van der Waals surface area contributed by atoms with E-state index < -0.39 is 5.60 Å². The molecule has 2 heterocycles. The molecule has 4 nitrogen and oxygen atoms in total. The minimum atomic E-state index is -0.822. The number of aromatic nitrogens is 1. The summed E-state index contributed by atoms with van der Waals surface area (Å²) >= 11 is 0. The maximum Gasteiger partial charge on any atom is 0.119 e. The molecule has 3 aliphatic rings. The van der Waals surface area contributed by atoms with Crippen LogP contribution in [-0.2, 0) is 18.3 Å². The maximum atomic E-state index is 12.4. The lowest BCUT2D eigenvalue weighted by molar-refractivity contribution is -0.104. The molecule has 1 saturated carbocycles. The summed E-state index contributed by atoms with van der Waals surface area (Å²) in [5.41, 5.74) is 4.67. The van der Waals surface area contributed by atoms with E-state index in [2.05, 4.69) is 54.3 Å². The third-order valence-electron chi connectivity index (χ3n) is 8.26. The summed E-state index contributed by atoms with van der Waals surface area (Å²) in [6, 6.07) is 17.0. The number of likely N-dealkylation sites (tertiary alicyclic amines) is 1. The summed E-state index contributed by atoms with van der Waals surface area (Å²) in [6.45, 7) is 5.02. The number of methoxy groups -OCH3 is 1. The first-order valence-electron chi connectivity index (χ1n) is 12.0. The Kier molecular flexibility index (Phi) is 4.60. The number of pyridine rings is 1. The Morgan fingerprint density at radius 3 is 2.78 bits per heavy atom. The summed E-state index contributed by atoms with van der Waals surface area (Å²) in [7, 11) is 1.72. The molecular formula is C28H32N2O2. The van der Waals surface area contributed by atoms with E-state index in [1.54, 1.807) is 7.11 Å². The molecule has 32 heavy (non-hydrogen) atoms. The molecule has 3 aromatic rings. The number of nitrogens with zero attached hydrogens (tertiary/aromatic N) is 2. The van der Waals surface area contributed by atoms with Crippen molar-refractivity contribution >= 4 is 10.9 Å². The number of hydrogen-bond donors (Lipinski definition) is 1. The Hall–Kier alpha value is -2.43. The molecule has 4 heteroatoms. The third kappa shape index (κ3) is 3.15. The summed E-state index contributed by atoms with van der Waals surface area (Å²) < 4.78 is 5.57. The number of fused-ring (bicyclic) bond motifs is 3. The van der Waals surface area contributed by atoms with Crippen molar-refractivity contribution in [2.45, 2.75) is 50.0 Å². The normalized spacial score (nSPS) is 27.7. The van der Waals surface area contributed by atoms with Crippen LogP contribution in [-0.4, -0.2) is 47.3 Å². The van der Waals surface area contributed by atoms with E-state index in [0.717, 1.165) is 55.4 Å². The van der Waals surface area contributed by atoms with Crippen molar-refractivity contribution in [2.75, 3.05) is 26.7 Å². The highest BCUT2D eigenvalue weighted by Crippen LogP contribution is 2.51. The minimum Gasteiger partial charge on any atom is -0.497 e. The standard InChI is InChI=1S/C28H32N2O2/c1-19-5-3-8-25-24(19)13-21-15-28(31)18-30(17-20-9-10-20)12-11-27(28,16-26(21)29-25)22-6-4-7-23(14-22)32-2/h3-8,13-14,20,31H,9-12,15-18H2,1-2H3/t27-,28-/m0/s1. The molecule has 0 spiro atoms. The number of rotatable bonds is 4. The van der Waals surface area contributed by atoms with Gasteiger partial charge in [0.05, 0.1) is 18.2 Å². The molecule has 166 valence electrons. The van der Waals surface area contributed by atoms with Gasteiger partial charge >= 0.3 is 0 Å². The largest absolute Gasteiger partial charge is 0.497 e. The number of benzene rings is 2. The smallest absolute Gasteiger partial charge is 0.119 e. The van der Waals surface area contributed by atoms with Crippen LogP contribution in [0.5, 0.6) is 5.75 Å². The van der Waals surface area contributed by atoms with E-state index in [1.807, 2.05) is 6.07 Å². The predicted octanol–water partition coefficient (Wildman–Crippen LogP) is 4.44. The topological polar surface area (TPSA) is 45.6 Å². The van der Waals surface area contributed by atoms with Crippen LogP contribution >= 0.6 is 0 Å². The molecule has 2 fully saturated rings. The van der Waals surface area contributed by atoms with Crippen LogP contribution in [0.2, 0.25) is 0 Å². The van der Waals surface area contributed by atoms with Crippen LogP contribution in [0.25, 0.3) is 10.9 Å². The Morgan fingerprint density at radius 1 is 1.12 bits per heavy atom. The second kappa shape index (κ2) is 7.29. The number of aliphatic hydroxyl groups is 1. The zero-order chi connectivity index (χ0) is 21.9. The van der Waals surface area contributed by atoms with E-state index in [-0.39, 0.29) is 5.41 Å². The Bertz CT molecular complexity index is 1190. The Labute approximate surface area is 190 Å². The minimum absolute atomic E-state index is 0.348. The molecule has 1 aromatic heterocycles. The number of β-amino-alcohol motifs (C(OH)–C–C–N with tert-alkyl or cyclic N) is 1. The molecule has 0 unspecified atom stereocenters. The molecule has 6 rings (SSSR count). The van der Waals surface area contributed by atoms with Crippen molar-refractivity contribution in [3.05, 3.63) is 70.9 Å². The van der Waals surface area contributed by atoms with Gasteiger partial charge in [-0.25, -0.2) is 0 Å². The van der Waals surface area contributed by atoms with Crippen molar-refractivity contribution in [3.8, 4) is 5.75 Å². The summed E-state index contributed by atoms with van der Waals surface area (Å²) in [5, 5.41) is 13.6. The summed E-state index contributed by atoms with van der Waals surface area (Å²) in [5.74, 6) is 1.68. The molecule has 0 radical (unpaired) electrons. The van der Waals surface area contributed by atoms with Crippen LogP contribution in [0.15, 0.2) is 48.5 Å². The van der Waals surface area contributed by atoms with Crippen molar-refractivity contribution in [1.82, 2.24) is 9.88 Å². The van der Waals surface area contributed by atoms with Crippen molar-refractivity contribution < 1.29 is 9.84 Å². The molecule has 2 aliphatic carbocycles. The number of hydrogen-bond acceptors (Lipinski definition) is 4. The fraction of sp³-hybridized carbons (Fsp3) is 0.464. The van der Waals surface area contributed by atoms with E-state index >= 15 is 0 Å². The van der Waals surface area contributed by atoms with E-state index in [9.17, 15) is 5.11 Å². The zero-order valence-electron chi connectivity index (χ0n) is 19.1. The highest BCUT2D eigenvalue weighted by Gasteiger charge is 2.57. The van der Waals surface area contributed by atoms with Crippen LogP contribution in [0.1, 0.15) is 41.6 Å². The molecule has 0 bridgehead atoms. The Morgan fingerprint density at radius 2 is 1.97 bits per heavy atom. The second-order valence-corrected chi connectivity index (χ2v) is 10.4. The van der Waals surface area contributed by atoms with E-state index in [4.69, 9.17) is 9.72 Å². The van der Waals surface area contributed by atoms with Gasteiger partial charge in [0.2, 0.25) is 0 Å². The van der Waals surface area contributed by atoms with Gasteiger partial charge in [0, 0.05) is 42.4 Å².